The highest BCUT2D eigenvalue weighted by Crippen LogP contribution is 2.27. The predicted molar refractivity (Wildman–Crippen MR) is 83.8 cm³/mol. The van der Waals surface area contributed by atoms with E-state index < -0.39 is 17.8 Å². The first-order chi connectivity index (χ1) is 10.6. The minimum atomic E-state index is -0.712. The van der Waals surface area contributed by atoms with Crippen molar-refractivity contribution in [3.8, 4) is 0 Å². The van der Waals surface area contributed by atoms with Gasteiger partial charge < -0.3 is 0 Å². The summed E-state index contributed by atoms with van der Waals surface area (Å²) in [6, 6.07) is 6.79. The van der Waals surface area contributed by atoms with Gasteiger partial charge in [-0.15, -0.1) is 0 Å². The van der Waals surface area contributed by atoms with Gasteiger partial charge in [-0.2, -0.15) is 0 Å². The van der Waals surface area contributed by atoms with Crippen molar-refractivity contribution in [2.45, 2.75) is 44.7 Å². The van der Waals surface area contributed by atoms with E-state index in [9.17, 15) is 14.4 Å². The second-order valence-corrected chi connectivity index (χ2v) is 6.69. The average Bonchev–Trinajstić information content (AvgIpc) is 2.72. The van der Waals surface area contributed by atoms with Gasteiger partial charge in [-0.25, -0.2) is 4.79 Å². The van der Waals surface area contributed by atoms with Crippen LogP contribution in [0.3, 0.4) is 0 Å². The number of hydrogen-bond donors (Lipinski definition) is 0. The number of halogens is 1. The van der Waals surface area contributed by atoms with Crippen molar-refractivity contribution in [2.24, 2.45) is 0 Å². The highest BCUT2D eigenvalue weighted by Gasteiger charge is 2.47. The third kappa shape index (κ3) is 2.79. The zero-order valence-electron chi connectivity index (χ0n) is 12.1. The molecule has 6 heteroatoms. The molecule has 1 heterocycles. The Bertz CT molecular complexity index is 626. The van der Waals surface area contributed by atoms with E-state index in [1.165, 1.54) is 4.90 Å². The summed E-state index contributed by atoms with van der Waals surface area (Å²) in [6.45, 7) is 0.131. The van der Waals surface area contributed by atoms with Crippen molar-refractivity contribution in [3.63, 3.8) is 0 Å². The van der Waals surface area contributed by atoms with Gasteiger partial charge in [-0.05, 0) is 30.5 Å². The first-order valence-corrected chi connectivity index (χ1v) is 8.30. The van der Waals surface area contributed by atoms with Gasteiger partial charge in [0.25, 0.3) is 0 Å². The summed E-state index contributed by atoms with van der Waals surface area (Å²) in [6.07, 6.45) is 4.73. The van der Waals surface area contributed by atoms with E-state index in [0.29, 0.717) is 0 Å². The number of benzene rings is 1. The summed E-state index contributed by atoms with van der Waals surface area (Å²) in [4.78, 5) is 39.1. The molecule has 0 bridgehead atoms. The van der Waals surface area contributed by atoms with Gasteiger partial charge in [-0.1, -0.05) is 47.3 Å². The summed E-state index contributed by atoms with van der Waals surface area (Å²) < 4.78 is 0.875. The number of carbonyl (C=O) groups excluding carboxylic acids is 3. The number of hydrogen-bond acceptors (Lipinski definition) is 3. The van der Waals surface area contributed by atoms with E-state index in [-0.39, 0.29) is 12.6 Å². The number of imide groups is 2. The Kier molecular flexibility index (Phi) is 4.29. The number of urea groups is 1. The summed E-state index contributed by atoms with van der Waals surface area (Å²) in [7, 11) is 0. The van der Waals surface area contributed by atoms with Crippen LogP contribution in [0.4, 0.5) is 4.79 Å². The largest absolute Gasteiger partial charge is 0.334 e. The molecule has 4 amide bonds. The van der Waals surface area contributed by atoms with Gasteiger partial charge in [0.05, 0.1) is 6.54 Å². The minimum Gasteiger partial charge on any atom is -0.263 e. The first kappa shape index (κ1) is 15.2. The molecule has 0 unspecified atom stereocenters. The smallest absolute Gasteiger partial charge is 0.263 e. The average molecular weight is 365 g/mol. The lowest BCUT2D eigenvalue weighted by molar-refractivity contribution is -0.144. The SMILES string of the molecule is O=C1C(=O)N(C2CCCCC2)C(=O)N1Cc1cccc(Br)c1. The molecule has 22 heavy (non-hydrogen) atoms. The molecule has 5 nitrogen and oxygen atoms in total. The maximum atomic E-state index is 12.5. The molecule has 0 N–H and O–H groups in total. The zero-order chi connectivity index (χ0) is 15.7. The van der Waals surface area contributed by atoms with Crippen LogP contribution in [0.2, 0.25) is 0 Å². The van der Waals surface area contributed by atoms with Gasteiger partial charge >= 0.3 is 17.8 Å². The summed E-state index contributed by atoms with van der Waals surface area (Å²) in [5.41, 5.74) is 0.814. The molecule has 0 atom stereocenters. The number of carbonyl (C=O) groups is 3. The molecule has 2 fully saturated rings. The molecule has 0 aromatic heterocycles. The van der Waals surface area contributed by atoms with Crippen LogP contribution in [0.15, 0.2) is 28.7 Å². The molecule has 0 radical (unpaired) electrons. The van der Waals surface area contributed by atoms with E-state index in [4.69, 9.17) is 0 Å². The predicted octanol–water partition coefficient (Wildman–Crippen LogP) is 3.07. The number of amides is 4. The maximum Gasteiger partial charge on any atom is 0.334 e. The van der Waals surface area contributed by atoms with Crippen molar-refractivity contribution in [1.82, 2.24) is 9.80 Å². The van der Waals surface area contributed by atoms with Gasteiger partial charge in [-0.3, -0.25) is 19.4 Å². The quantitative estimate of drug-likeness (QED) is 0.611. The standard InChI is InChI=1S/C16H17BrN2O3/c17-12-6-4-5-11(9-12)10-18-14(20)15(21)19(16(18)22)13-7-2-1-3-8-13/h4-6,9,13H,1-3,7-8,10H2. The van der Waals surface area contributed by atoms with Crippen LogP contribution in [0.5, 0.6) is 0 Å². The second-order valence-electron chi connectivity index (χ2n) is 5.77. The van der Waals surface area contributed by atoms with Crippen LogP contribution in [0.25, 0.3) is 0 Å². The van der Waals surface area contributed by atoms with Crippen molar-refractivity contribution in [2.75, 3.05) is 0 Å². The van der Waals surface area contributed by atoms with E-state index in [2.05, 4.69) is 15.9 Å². The first-order valence-electron chi connectivity index (χ1n) is 7.51. The van der Waals surface area contributed by atoms with Crippen molar-refractivity contribution >= 4 is 33.8 Å². The molecule has 1 saturated heterocycles. The third-order valence-electron chi connectivity index (χ3n) is 4.25. The number of nitrogens with zero attached hydrogens (tertiary/aromatic N) is 2. The molecular formula is C16H17BrN2O3. The van der Waals surface area contributed by atoms with Crippen molar-refractivity contribution in [1.29, 1.82) is 0 Å². The lowest BCUT2D eigenvalue weighted by Crippen LogP contribution is -2.42. The summed E-state index contributed by atoms with van der Waals surface area (Å²) in [5.74, 6) is -1.39. The second kappa shape index (κ2) is 6.20. The topological polar surface area (TPSA) is 57.7 Å². The zero-order valence-corrected chi connectivity index (χ0v) is 13.7. The van der Waals surface area contributed by atoms with Crippen molar-refractivity contribution in [3.05, 3.63) is 34.3 Å². The van der Waals surface area contributed by atoms with E-state index in [1.807, 2.05) is 24.3 Å². The fourth-order valence-corrected chi connectivity index (χ4v) is 3.59. The van der Waals surface area contributed by atoms with E-state index >= 15 is 0 Å². The maximum absolute atomic E-state index is 12.5. The molecule has 1 aliphatic carbocycles. The lowest BCUT2D eigenvalue weighted by Gasteiger charge is -2.28. The summed E-state index contributed by atoms with van der Waals surface area (Å²) in [5, 5.41) is 0. The molecule has 0 spiro atoms. The minimum absolute atomic E-state index is 0.120. The van der Waals surface area contributed by atoms with Crippen LogP contribution in [-0.2, 0) is 16.1 Å². The molecule has 116 valence electrons. The summed E-state index contributed by atoms with van der Waals surface area (Å²) >= 11 is 3.36. The van der Waals surface area contributed by atoms with Gasteiger partial charge in [0, 0.05) is 10.5 Å². The highest BCUT2D eigenvalue weighted by atomic mass is 79.9. The number of rotatable bonds is 3. The molecule has 1 aromatic carbocycles. The Balaban J connectivity index is 1.79. The van der Waals surface area contributed by atoms with Gasteiger partial charge in [0.15, 0.2) is 0 Å². The molecule has 1 saturated carbocycles. The Morgan fingerprint density at radius 2 is 1.77 bits per heavy atom. The monoisotopic (exact) mass is 364 g/mol. The molecule has 2 aliphatic rings. The van der Waals surface area contributed by atoms with Crippen LogP contribution >= 0.6 is 15.9 Å². The Hall–Kier alpha value is -1.69. The van der Waals surface area contributed by atoms with Gasteiger partial charge in [0.1, 0.15) is 0 Å². The Labute approximate surface area is 137 Å². The molecular weight excluding hydrogens is 348 g/mol. The highest BCUT2D eigenvalue weighted by molar-refractivity contribution is 9.10. The Morgan fingerprint density at radius 3 is 2.45 bits per heavy atom. The van der Waals surface area contributed by atoms with E-state index in [0.717, 1.165) is 47.0 Å². The molecule has 1 aromatic rings. The van der Waals surface area contributed by atoms with Crippen LogP contribution < -0.4 is 0 Å². The lowest BCUT2D eigenvalue weighted by atomic mass is 9.94. The van der Waals surface area contributed by atoms with Crippen LogP contribution in [0.1, 0.15) is 37.7 Å². The Morgan fingerprint density at radius 1 is 1.05 bits per heavy atom. The fraction of sp³-hybridized carbons (Fsp3) is 0.438. The third-order valence-corrected chi connectivity index (χ3v) is 4.75. The van der Waals surface area contributed by atoms with Crippen LogP contribution in [0, 0.1) is 0 Å². The van der Waals surface area contributed by atoms with Gasteiger partial charge in [0.2, 0.25) is 0 Å². The normalized spacial score (nSPS) is 20.1. The molecule has 1 aliphatic heterocycles. The van der Waals surface area contributed by atoms with Crippen LogP contribution in [-0.4, -0.2) is 33.7 Å². The molecule has 3 rings (SSSR count). The van der Waals surface area contributed by atoms with E-state index in [1.54, 1.807) is 0 Å². The fourth-order valence-electron chi connectivity index (χ4n) is 3.14. The van der Waals surface area contributed by atoms with Crippen molar-refractivity contribution < 1.29 is 14.4 Å².